The molecule has 3 aromatic rings. The molecule has 0 saturated carbocycles. The van der Waals surface area contributed by atoms with Gasteiger partial charge in [-0.1, -0.05) is 0 Å². The fourth-order valence-corrected chi connectivity index (χ4v) is 2.29. The lowest BCUT2D eigenvalue weighted by atomic mass is 10.2. The van der Waals surface area contributed by atoms with Crippen molar-refractivity contribution in [1.29, 1.82) is 0 Å². The topological polar surface area (TPSA) is 180 Å². The van der Waals surface area contributed by atoms with Crippen LogP contribution in [0.5, 0.6) is 69.0 Å². The van der Waals surface area contributed by atoms with Crippen LogP contribution in [0.15, 0.2) is 36.4 Å². The number of hydrogen-bond acceptors (Lipinski definition) is 10. The number of aromatic hydroxyl groups is 8. The Hall–Kier alpha value is -4.34. The molecule has 0 aliphatic heterocycles. The summed E-state index contributed by atoms with van der Waals surface area (Å²) in [6.07, 6.45) is 0. The van der Waals surface area contributed by atoms with E-state index in [9.17, 15) is 40.9 Å². The highest BCUT2D eigenvalue weighted by molar-refractivity contribution is 5.62. The molecule has 28 heavy (non-hydrogen) atoms. The van der Waals surface area contributed by atoms with Crippen LogP contribution in [0, 0.1) is 0 Å². The van der Waals surface area contributed by atoms with Crippen LogP contribution in [-0.4, -0.2) is 40.9 Å². The summed E-state index contributed by atoms with van der Waals surface area (Å²) < 4.78 is 10.6. The average molecular weight is 390 g/mol. The molecular formula is C18H14O10. The van der Waals surface area contributed by atoms with Crippen molar-refractivity contribution in [2.24, 2.45) is 0 Å². The first-order valence-corrected chi connectivity index (χ1v) is 7.57. The summed E-state index contributed by atoms with van der Waals surface area (Å²) in [4.78, 5) is 0. The van der Waals surface area contributed by atoms with Gasteiger partial charge in [0.05, 0.1) is 0 Å². The van der Waals surface area contributed by atoms with E-state index < -0.39 is 57.5 Å². The minimum absolute atomic E-state index is 0.371. The highest BCUT2D eigenvalue weighted by atomic mass is 16.5. The molecule has 0 unspecified atom stereocenters. The predicted octanol–water partition coefficient (Wildman–Crippen LogP) is 2.92. The number of benzene rings is 3. The van der Waals surface area contributed by atoms with Crippen molar-refractivity contribution in [1.82, 2.24) is 0 Å². The fourth-order valence-electron chi connectivity index (χ4n) is 2.29. The zero-order chi connectivity index (χ0) is 20.6. The van der Waals surface area contributed by atoms with Gasteiger partial charge in [-0.3, -0.25) is 0 Å². The molecular weight excluding hydrogens is 376 g/mol. The Kier molecular flexibility index (Phi) is 4.45. The van der Waals surface area contributed by atoms with E-state index in [4.69, 9.17) is 9.47 Å². The van der Waals surface area contributed by atoms with E-state index in [1.807, 2.05) is 0 Å². The molecule has 8 N–H and O–H groups in total. The molecule has 0 amide bonds. The van der Waals surface area contributed by atoms with Crippen molar-refractivity contribution < 1.29 is 50.3 Å². The van der Waals surface area contributed by atoms with Crippen molar-refractivity contribution >= 4 is 0 Å². The van der Waals surface area contributed by atoms with Crippen LogP contribution in [-0.2, 0) is 0 Å². The second kappa shape index (κ2) is 6.76. The first-order chi connectivity index (χ1) is 13.2. The standard InChI is InChI=1S/C18H14O10/c19-7-1-12(24)17(13(25)2-7)28-18-14(26)3-8(20)4-16(18)27-15-6-10(22)9(21)5-11(15)23/h1-6,19-26H. The van der Waals surface area contributed by atoms with Gasteiger partial charge in [0.15, 0.2) is 46.0 Å². The molecule has 0 heterocycles. The molecule has 0 fully saturated rings. The third-order valence-corrected chi connectivity index (χ3v) is 3.53. The normalized spacial score (nSPS) is 10.6. The van der Waals surface area contributed by atoms with Crippen molar-refractivity contribution in [2.45, 2.75) is 0 Å². The maximum Gasteiger partial charge on any atom is 0.212 e. The van der Waals surface area contributed by atoms with Gasteiger partial charge in [-0.15, -0.1) is 0 Å². The van der Waals surface area contributed by atoms with Gasteiger partial charge >= 0.3 is 0 Å². The summed E-state index contributed by atoms with van der Waals surface area (Å²) in [5.41, 5.74) is 0. The Morgan fingerprint density at radius 1 is 0.393 bits per heavy atom. The van der Waals surface area contributed by atoms with E-state index in [1.54, 1.807) is 0 Å². The minimum atomic E-state index is -0.666. The summed E-state index contributed by atoms with van der Waals surface area (Å²) in [6, 6.07) is 5.27. The Bertz CT molecular complexity index is 1040. The molecule has 3 rings (SSSR count). The maximum absolute atomic E-state index is 10.1. The SMILES string of the molecule is Oc1cc(O)c(Oc2c(O)cc(O)cc2Oc2cc(O)c(O)cc2O)c(O)c1. The van der Waals surface area contributed by atoms with Gasteiger partial charge in [0.25, 0.3) is 0 Å². The summed E-state index contributed by atoms with van der Waals surface area (Å²) in [5.74, 6) is -6.49. The number of ether oxygens (including phenoxy) is 2. The van der Waals surface area contributed by atoms with E-state index in [0.29, 0.717) is 0 Å². The highest BCUT2D eigenvalue weighted by Gasteiger charge is 2.21. The molecule has 146 valence electrons. The van der Waals surface area contributed by atoms with Gasteiger partial charge in [0.2, 0.25) is 11.5 Å². The van der Waals surface area contributed by atoms with Crippen LogP contribution in [0.1, 0.15) is 0 Å². The first kappa shape index (κ1) is 18.5. The summed E-state index contributed by atoms with van der Waals surface area (Å²) in [5, 5.41) is 77.6. The molecule has 0 atom stereocenters. The quantitative estimate of drug-likeness (QED) is 0.244. The van der Waals surface area contributed by atoms with E-state index in [0.717, 1.165) is 36.4 Å². The third kappa shape index (κ3) is 3.46. The fraction of sp³-hybridized carbons (Fsp3) is 0. The molecule has 10 heteroatoms. The maximum atomic E-state index is 10.1. The molecule has 10 nitrogen and oxygen atoms in total. The van der Waals surface area contributed by atoms with Crippen molar-refractivity contribution in [3.05, 3.63) is 36.4 Å². The molecule has 3 aromatic carbocycles. The van der Waals surface area contributed by atoms with Crippen molar-refractivity contribution in [3.63, 3.8) is 0 Å². The van der Waals surface area contributed by atoms with E-state index in [2.05, 4.69) is 0 Å². The van der Waals surface area contributed by atoms with Crippen molar-refractivity contribution in [2.75, 3.05) is 0 Å². The van der Waals surface area contributed by atoms with Gasteiger partial charge in [-0.05, 0) is 0 Å². The number of phenolic OH excluding ortho intramolecular Hbond substituents is 8. The van der Waals surface area contributed by atoms with Crippen LogP contribution < -0.4 is 9.47 Å². The first-order valence-electron chi connectivity index (χ1n) is 7.57. The molecule has 0 saturated heterocycles. The van der Waals surface area contributed by atoms with Crippen LogP contribution in [0.3, 0.4) is 0 Å². The Morgan fingerprint density at radius 3 is 1.50 bits per heavy atom. The van der Waals surface area contributed by atoms with Crippen LogP contribution >= 0.6 is 0 Å². The molecule has 0 aromatic heterocycles. The van der Waals surface area contributed by atoms with E-state index in [-0.39, 0.29) is 11.5 Å². The second-order valence-electron chi connectivity index (χ2n) is 5.62. The largest absolute Gasteiger partial charge is 0.508 e. The monoisotopic (exact) mass is 390 g/mol. The summed E-state index contributed by atoms with van der Waals surface area (Å²) in [6.45, 7) is 0. The van der Waals surface area contributed by atoms with Gasteiger partial charge in [-0.2, -0.15) is 0 Å². The zero-order valence-corrected chi connectivity index (χ0v) is 13.9. The Balaban J connectivity index is 2.08. The number of phenols is 8. The van der Waals surface area contributed by atoms with Crippen molar-refractivity contribution in [3.8, 4) is 69.0 Å². The molecule has 0 bridgehead atoms. The Morgan fingerprint density at radius 2 is 0.893 bits per heavy atom. The third-order valence-electron chi connectivity index (χ3n) is 3.53. The van der Waals surface area contributed by atoms with E-state index >= 15 is 0 Å². The molecule has 0 aliphatic rings. The Labute approximate surface area is 156 Å². The van der Waals surface area contributed by atoms with Crippen LogP contribution in [0.2, 0.25) is 0 Å². The minimum Gasteiger partial charge on any atom is -0.508 e. The van der Waals surface area contributed by atoms with Gasteiger partial charge in [-0.25, -0.2) is 0 Å². The zero-order valence-electron chi connectivity index (χ0n) is 13.9. The van der Waals surface area contributed by atoms with Gasteiger partial charge in [0.1, 0.15) is 11.5 Å². The molecule has 0 spiro atoms. The van der Waals surface area contributed by atoms with E-state index in [1.165, 1.54) is 0 Å². The predicted molar refractivity (Wildman–Crippen MR) is 92.8 cm³/mol. The van der Waals surface area contributed by atoms with Gasteiger partial charge < -0.3 is 50.3 Å². The highest BCUT2D eigenvalue weighted by Crippen LogP contribution is 2.50. The second-order valence-corrected chi connectivity index (χ2v) is 5.62. The van der Waals surface area contributed by atoms with Crippen LogP contribution in [0.25, 0.3) is 0 Å². The lowest BCUT2D eigenvalue weighted by Gasteiger charge is -2.16. The average Bonchev–Trinajstić information content (AvgIpc) is 2.57. The molecule has 0 aliphatic carbocycles. The number of rotatable bonds is 4. The summed E-state index contributed by atoms with van der Waals surface area (Å²) >= 11 is 0. The van der Waals surface area contributed by atoms with Gasteiger partial charge in [0, 0.05) is 36.4 Å². The van der Waals surface area contributed by atoms with Crippen LogP contribution in [0.4, 0.5) is 0 Å². The molecule has 0 radical (unpaired) electrons. The summed E-state index contributed by atoms with van der Waals surface area (Å²) in [7, 11) is 0. The smallest absolute Gasteiger partial charge is 0.212 e. The lowest BCUT2D eigenvalue weighted by molar-refractivity contribution is 0.333. The number of hydrogen-bond donors (Lipinski definition) is 8. The lowest BCUT2D eigenvalue weighted by Crippen LogP contribution is -1.93.